The zero-order valence-electron chi connectivity index (χ0n) is 9.86. The van der Waals surface area contributed by atoms with Crippen LogP contribution in [0, 0.1) is 3.83 Å². The van der Waals surface area contributed by atoms with Crippen molar-refractivity contribution in [1.82, 2.24) is 19.9 Å². The van der Waals surface area contributed by atoms with E-state index in [9.17, 15) is 0 Å². The first-order chi connectivity index (χ1) is 9.33. The zero-order chi connectivity index (χ0) is 13.1. The molecule has 2 aromatic heterocycles. The molecule has 0 aliphatic rings. The number of hydrogen-bond donors (Lipinski definition) is 0. The summed E-state index contributed by atoms with van der Waals surface area (Å²) in [6, 6.07) is 13.7. The summed E-state index contributed by atoms with van der Waals surface area (Å²) >= 11 is 2.10. The highest BCUT2D eigenvalue weighted by atomic mass is 127. The smallest absolute Gasteiger partial charge is 0.194 e. The van der Waals surface area contributed by atoms with Crippen molar-refractivity contribution >= 4 is 22.6 Å². The van der Waals surface area contributed by atoms with Crippen LogP contribution in [0.3, 0.4) is 0 Å². The van der Waals surface area contributed by atoms with Crippen molar-refractivity contribution in [3.63, 3.8) is 0 Å². The molecule has 2 heterocycles. The van der Waals surface area contributed by atoms with Gasteiger partial charge in [-0.3, -0.25) is 4.98 Å². The van der Waals surface area contributed by atoms with Gasteiger partial charge in [-0.15, -0.1) is 0 Å². The minimum absolute atomic E-state index is 0.645. The molecule has 3 aromatic rings. The highest BCUT2D eigenvalue weighted by Gasteiger charge is 2.08. The van der Waals surface area contributed by atoms with Gasteiger partial charge < -0.3 is 0 Å². The second kappa shape index (κ2) is 5.40. The third-order valence-corrected chi connectivity index (χ3v) is 3.04. The fourth-order valence-corrected chi connectivity index (χ4v) is 2.15. The lowest BCUT2D eigenvalue weighted by Crippen LogP contribution is -1.99. The second-order valence-corrected chi connectivity index (χ2v) is 4.82. The Bertz CT molecular complexity index is 629. The quantitative estimate of drug-likeness (QED) is 0.659. The van der Waals surface area contributed by atoms with E-state index in [1.54, 1.807) is 12.4 Å². The predicted molar refractivity (Wildman–Crippen MR) is 81.2 cm³/mol. The van der Waals surface area contributed by atoms with Crippen molar-refractivity contribution < 1.29 is 0 Å². The first kappa shape index (κ1) is 12.2. The van der Waals surface area contributed by atoms with E-state index >= 15 is 0 Å². The highest BCUT2D eigenvalue weighted by molar-refractivity contribution is 14.1. The second-order valence-electron chi connectivity index (χ2n) is 3.86. The SMILES string of the molecule is Ic1nc(-c2ccccc2)nc(-c2cccnc2)n1. The van der Waals surface area contributed by atoms with E-state index in [0.29, 0.717) is 15.5 Å². The largest absolute Gasteiger partial charge is 0.264 e. The molecular weight excluding hydrogens is 351 g/mol. The Balaban J connectivity index is 2.12. The topological polar surface area (TPSA) is 51.6 Å². The van der Waals surface area contributed by atoms with Gasteiger partial charge in [0.05, 0.1) is 0 Å². The highest BCUT2D eigenvalue weighted by Crippen LogP contribution is 2.19. The van der Waals surface area contributed by atoms with Gasteiger partial charge in [-0.2, -0.15) is 0 Å². The van der Waals surface area contributed by atoms with Crippen molar-refractivity contribution in [2.24, 2.45) is 0 Å². The summed E-state index contributed by atoms with van der Waals surface area (Å²) in [6.07, 6.45) is 3.48. The van der Waals surface area contributed by atoms with Gasteiger partial charge in [0.2, 0.25) is 0 Å². The number of pyridine rings is 1. The van der Waals surface area contributed by atoms with E-state index < -0.39 is 0 Å². The Morgan fingerprint density at radius 3 is 2.11 bits per heavy atom. The summed E-state index contributed by atoms with van der Waals surface area (Å²) in [5, 5.41) is 0. The van der Waals surface area contributed by atoms with Gasteiger partial charge in [0.15, 0.2) is 15.5 Å². The summed E-state index contributed by atoms with van der Waals surface area (Å²) < 4.78 is 0.672. The van der Waals surface area contributed by atoms with Crippen LogP contribution >= 0.6 is 22.6 Å². The Kier molecular flexibility index (Phi) is 3.45. The van der Waals surface area contributed by atoms with Gasteiger partial charge in [0.1, 0.15) is 0 Å². The molecule has 0 bridgehead atoms. The van der Waals surface area contributed by atoms with Crippen molar-refractivity contribution in [1.29, 1.82) is 0 Å². The fraction of sp³-hybridized carbons (Fsp3) is 0. The van der Waals surface area contributed by atoms with E-state index in [1.807, 2.05) is 42.5 Å². The molecular formula is C14H9IN4. The Hall–Kier alpha value is -1.89. The monoisotopic (exact) mass is 360 g/mol. The molecule has 0 saturated carbocycles. The van der Waals surface area contributed by atoms with Crippen LogP contribution < -0.4 is 0 Å². The van der Waals surface area contributed by atoms with Crippen LogP contribution in [0.25, 0.3) is 22.8 Å². The molecule has 0 spiro atoms. The molecule has 0 radical (unpaired) electrons. The summed E-state index contributed by atoms with van der Waals surface area (Å²) in [7, 11) is 0. The van der Waals surface area contributed by atoms with Crippen molar-refractivity contribution in [3.05, 3.63) is 58.7 Å². The van der Waals surface area contributed by atoms with Crippen LogP contribution in [0.5, 0.6) is 0 Å². The van der Waals surface area contributed by atoms with Gasteiger partial charge in [0, 0.05) is 46.1 Å². The number of aromatic nitrogens is 4. The molecule has 0 atom stereocenters. The molecule has 0 N–H and O–H groups in total. The molecule has 19 heavy (non-hydrogen) atoms. The molecule has 0 unspecified atom stereocenters. The number of nitrogens with zero attached hydrogens (tertiary/aromatic N) is 4. The van der Waals surface area contributed by atoms with Crippen molar-refractivity contribution in [2.45, 2.75) is 0 Å². The molecule has 4 nitrogen and oxygen atoms in total. The molecule has 5 heteroatoms. The van der Waals surface area contributed by atoms with Crippen LogP contribution in [0.15, 0.2) is 54.9 Å². The molecule has 0 saturated heterocycles. The number of hydrogen-bond acceptors (Lipinski definition) is 4. The summed E-state index contributed by atoms with van der Waals surface area (Å²) in [4.78, 5) is 17.3. The Morgan fingerprint density at radius 1 is 0.737 bits per heavy atom. The first-order valence-corrected chi connectivity index (χ1v) is 6.78. The average molecular weight is 360 g/mol. The van der Waals surface area contributed by atoms with Gasteiger partial charge in [-0.1, -0.05) is 30.3 Å². The van der Waals surface area contributed by atoms with Crippen LogP contribution in [0.1, 0.15) is 0 Å². The molecule has 92 valence electrons. The van der Waals surface area contributed by atoms with Crippen LogP contribution in [0.2, 0.25) is 0 Å². The average Bonchev–Trinajstić information content (AvgIpc) is 2.48. The molecule has 0 aliphatic heterocycles. The van der Waals surface area contributed by atoms with Gasteiger partial charge in [0.25, 0.3) is 0 Å². The third-order valence-electron chi connectivity index (χ3n) is 2.56. The molecule has 1 aromatic carbocycles. The van der Waals surface area contributed by atoms with Crippen LogP contribution in [-0.4, -0.2) is 19.9 Å². The van der Waals surface area contributed by atoms with E-state index in [2.05, 4.69) is 42.5 Å². The Morgan fingerprint density at radius 2 is 1.42 bits per heavy atom. The van der Waals surface area contributed by atoms with Crippen LogP contribution in [0.4, 0.5) is 0 Å². The predicted octanol–water partition coefficient (Wildman–Crippen LogP) is 3.21. The molecule has 0 amide bonds. The minimum Gasteiger partial charge on any atom is -0.264 e. The van der Waals surface area contributed by atoms with Gasteiger partial charge >= 0.3 is 0 Å². The lowest BCUT2D eigenvalue weighted by atomic mass is 10.2. The van der Waals surface area contributed by atoms with Gasteiger partial charge in [-0.25, -0.2) is 15.0 Å². The molecule has 0 fully saturated rings. The van der Waals surface area contributed by atoms with E-state index in [1.165, 1.54) is 0 Å². The maximum Gasteiger partial charge on any atom is 0.194 e. The summed E-state index contributed by atoms with van der Waals surface area (Å²) in [5.41, 5.74) is 1.87. The summed E-state index contributed by atoms with van der Waals surface area (Å²) in [5.74, 6) is 1.32. The molecule has 0 aliphatic carbocycles. The fourth-order valence-electron chi connectivity index (χ4n) is 1.69. The van der Waals surface area contributed by atoms with E-state index in [-0.39, 0.29) is 0 Å². The van der Waals surface area contributed by atoms with E-state index in [4.69, 9.17) is 0 Å². The number of benzene rings is 1. The first-order valence-electron chi connectivity index (χ1n) is 5.70. The maximum absolute atomic E-state index is 4.51. The van der Waals surface area contributed by atoms with Gasteiger partial charge in [-0.05, 0) is 12.1 Å². The number of halogens is 1. The third kappa shape index (κ3) is 2.76. The normalized spacial score (nSPS) is 10.4. The zero-order valence-corrected chi connectivity index (χ0v) is 12.0. The molecule has 3 rings (SSSR count). The van der Waals surface area contributed by atoms with Crippen LogP contribution in [-0.2, 0) is 0 Å². The van der Waals surface area contributed by atoms with Crippen molar-refractivity contribution in [3.8, 4) is 22.8 Å². The lowest BCUT2D eigenvalue weighted by Gasteiger charge is -2.04. The number of rotatable bonds is 2. The summed E-state index contributed by atoms with van der Waals surface area (Å²) in [6.45, 7) is 0. The minimum atomic E-state index is 0.645. The lowest BCUT2D eigenvalue weighted by molar-refractivity contribution is 1.02. The van der Waals surface area contributed by atoms with Crippen molar-refractivity contribution in [2.75, 3.05) is 0 Å². The maximum atomic E-state index is 4.51. The standard InChI is InChI=1S/C14H9IN4/c15-14-18-12(10-5-2-1-3-6-10)17-13(19-14)11-7-4-8-16-9-11/h1-9H. The van der Waals surface area contributed by atoms with E-state index in [0.717, 1.165) is 11.1 Å². The Labute approximate surface area is 124 Å².